The SMILES string of the molecule is C1=CC(=Cc2ccccc2)CCCC1.C=Cc1ccccc1. The summed E-state index contributed by atoms with van der Waals surface area (Å²) in [7, 11) is 0. The smallest absolute Gasteiger partial charge is 0.0254 e. The van der Waals surface area contributed by atoms with Crippen molar-refractivity contribution in [3.8, 4) is 0 Å². The van der Waals surface area contributed by atoms with Crippen molar-refractivity contribution < 1.29 is 0 Å². The average Bonchev–Trinajstić information content (AvgIpc) is 2.86. The van der Waals surface area contributed by atoms with Crippen molar-refractivity contribution in [2.24, 2.45) is 0 Å². The Morgan fingerprint density at radius 1 is 0.773 bits per heavy atom. The normalized spacial score (nSPS) is 15.5. The molecule has 0 amide bonds. The highest BCUT2D eigenvalue weighted by molar-refractivity contribution is 5.55. The topological polar surface area (TPSA) is 0 Å². The maximum absolute atomic E-state index is 3.63. The molecule has 0 aromatic heterocycles. The average molecular weight is 288 g/mol. The first-order valence-corrected chi connectivity index (χ1v) is 7.98. The van der Waals surface area contributed by atoms with Crippen LogP contribution in [0.4, 0.5) is 0 Å². The number of benzene rings is 2. The summed E-state index contributed by atoms with van der Waals surface area (Å²) in [6, 6.07) is 20.6. The van der Waals surface area contributed by atoms with E-state index in [9.17, 15) is 0 Å². The van der Waals surface area contributed by atoms with Crippen molar-refractivity contribution in [2.75, 3.05) is 0 Å². The molecule has 0 aliphatic heterocycles. The minimum absolute atomic E-state index is 1.17. The third-order valence-corrected chi connectivity index (χ3v) is 3.61. The molecule has 112 valence electrons. The zero-order valence-corrected chi connectivity index (χ0v) is 13.1. The third-order valence-electron chi connectivity index (χ3n) is 3.61. The molecule has 0 heterocycles. The maximum Gasteiger partial charge on any atom is -0.0254 e. The quantitative estimate of drug-likeness (QED) is 0.589. The van der Waals surface area contributed by atoms with Gasteiger partial charge in [-0.15, -0.1) is 0 Å². The maximum atomic E-state index is 3.63. The Hall–Kier alpha value is -2.34. The summed E-state index contributed by atoms with van der Waals surface area (Å²) in [5.41, 5.74) is 3.95. The molecule has 22 heavy (non-hydrogen) atoms. The van der Waals surface area contributed by atoms with Crippen molar-refractivity contribution in [1.29, 1.82) is 0 Å². The fraction of sp³-hybridized carbons (Fsp3) is 0.182. The molecule has 0 bridgehead atoms. The lowest BCUT2D eigenvalue weighted by molar-refractivity contribution is 0.767. The van der Waals surface area contributed by atoms with E-state index in [1.807, 2.05) is 36.4 Å². The Balaban J connectivity index is 0.000000188. The Kier molecular flexibility index (Phi) is 6.98. The lowest BCUT2D eigenvalue weighted by atomic mass is 10.1. The van der Waals surface area contributed by atoms with Gasteiger partial charge in [0.25, 0.3) is 0 Å². The monoisotopic (exact) mass is 288 g/mol. The van der Waals surface area contributed by atoms with Crippen LogP contribution in [0.5, 0.6) is 0 Å². The van der Waals surface area contributed by atoms with E-state index < -0.39 is 0 Å². The first kappa shape index (κ1) is 16.0. The van der Waals surface area contributed by atoms with Gasteiger partial charge >= 0.3 is 0 Å². The first-order valence-electron chi connectivity index (χ1n) is 7.98. The highest BCUT2D eigenvalue weighted by atomic mass is 14.0. The molecule has 0 spiro atoms. The van der Waals surface area contributed by atoms with Gasteiger partial charge in [-0.05, 0) is 42.4 Å². The molecule has 0 heteroatoms. The van der Waals surface area contributed by atoms with E-state index in [-0.39, 0.29) is 0 Å². The van der Waals surface area contributed by atoms with Gasteiger partial charge in [-0.2, -0.15) is 0 Å². The molecule has 0 saturated carbocycles. The third kappa shape index (κ3) is 5.97. The van der Waals surface area contributed by atoms with Crippen LogP contribution in [-0.4, -0.2) is 0 Å². The summed E-state index contributed by atoms with van der Waals surface area (Å²) in [6.45, 7) is 3.63. The summed E-state index contributed by atoms with van der Waals surface area (Å²) in [6.07, 6.45) is 13.8. The molecule has 0 N–H and O–H groups in total. The predicted octanol–water partition coefficient (Wildman–Crippen LogP) is 6.53. The van der Waals surface area contributed by atoms with Gasteiger partial charge in [0.15, 0.2) is 0 Å². The van der Waals surface area contributed by atoms with Crippen LogP contribution in [0.25, 0.3) is 12.2 Å². The summed E-state index contributed by atoms with van der Waals surface area (Å²) >= 11 is 0. The summed E-state index contributed by atoms with van der Waals surface area (Å²) in [5.74, 6) is 0. The van der Waals surface area contributed by atoms with Crippen LogP contribution < -0.4 is 0 Å². The van der Waals surface area contributed by atoms with Crippen LogP contribution in [0.3, 0.4) is 0 Å². The van der Waals surface area contributed by atoms with E-state index in [1.165, 1.54) is 42.4 Å². The molecular weight excluding hydrogens is 264 g/mol. The van der Waals surface area contributed by atoms with Crippen LogP contribution >= 0.6 is 0 Å². The Bertz CT molecular complexity index is 603. The van der Waals surface area contributed by atoms with Crippen molar-refractivity contribution >= 4 is 12.2 Å². The van der Waals surface area contributed by atoms with E-state index in [2.05, 4.69) is 55.1 Å². The fourth-order valence-electron chi connectivity index (χ4n) is 2.38. The largest absolute Gasteiger partial charge is 0.0985 e. The number of rotatable bonds is 2. The minimum atomic E-state index is 1.17. The highest BCUT2D eigenvalue weighted by Crippen LogP contribution is 2.18. The number of allylic oxidation sites excluding steroid dienone is 3. The van der Waals surface area contributed by atoms with E-state index >= 15 is 0 Å². The van der Waals surface area contributed by atoms with Gasteiger partial charge in [-0.1, -0.05) is 91.5 Å². The molecule has 2 aromatic rings. The van der Waals surface area contributed by atoms with Crippen molar-refractivity contribution in [3.63, 3.8) is 0 Å². The molecule has 0 unspecified atom stereocenters. The molecule has 0 fully saturated rings. The zero-order chi connectivity index (χ0) is 15.5. The molecule has 1 aliphatic rings. The molecule has 0 radical (unpaired) electrons. The predicted molar refractivity (Wildman–Crippen MR) is 98.6 cm³/mol. The lowest BCUT2D eigenvalue weighted by Crippen LogP contribution is -1.78. The van der Waals surface area contributed by atoms with Crippen LogP contribution in [0.1, 0.15) is 36.8 Å². The number of hydrogen-bond donors (Lipinski definition) is 0. The highest BCUT2D eigenvalue weighted by Gasteiger charge is 1.98. The summed E-state index contributed by atoms with van der Waals surface area (Å²) in [5, 5.41) is 0. The molecule has 2 aromatic carbocycles. The molecule has 1 aliphatic carbocycles. The van der Waals surface area contributed by atoms with Gasteiger partial charge in [-0.25, -0.2) is 0 Å². The van der Waals surface area contributed by atoms with Gasteiger partial charge < -0.3 is 0 Å². The van der Waals surface area contributed by atoms with E-state index in [1.54, 1.807) is 0 Å². The second-order valence-electron chi connectivity index (χ2n) is 5.39. The Labute approximate surface area is 134 Å². The van der Waals surface area contributed by atoms with Gasteiger partial charge in [-0.3, -0.25) is 0 Å². The first-order chi connectivity index (χ1) is 10.9. The number of hydrogen-bond acceptors (Lipinski definition) is 0. The Morgan fingerprint density at radius 3 is 2.00 bits per heavy atom. The van der Waals surface area contributed by atoms with Crippen LogP contribution in [-0.2, 0) is 0 Å². The van der Waals surface area contributed by atoms with E-state index in [0.717, 1.165) is 0 Å². The second kappa shape index (κ2) is 9.57. The van der Waals surface area contributed by atoms with Crippen LogP contribution in [0.2, 0.25) is 0 Å². The zero-order valence-electron chi connectivity index (χ0n) is 13.1. The van der Waals surface area contributed by atoms with Crippen LogP contribution in [0.15, 0.2) is 85.0 Å². The fourth-order valence-corrected chi connectivity index (χ4v) is 2.38. The molecular formula is C22H24. The van der Waals surface area contributed by atoms with Gasteiger partial charge in [0.2, 0.25) is 0 Å². The molecule has 0 saturated heterocycles. The van der Waals surface area contributed by atoms with E-state index in [4.69, 9.17) is 0 Å². The standard InChI is InChI=1S/C14H16.C8H8/c1-2-5-9-13(8-4-1)12-14-10-6-3-7-11-14;1-2-8-6-4-3-5-7-8/h3-4,6-8,10-12H,1-2,5,9H2;2-7H,1H2. The van der Waals surface area contributed by atoms with Gasteiger partial charge in [0.1, 0.15) is 0 Å². The van der Waals surface area contributed by atoms with Gasteiger partial charge in [0.05, 0.1) is 0 Å². The van der Waals surface area contributed by atoms with Crippen LogP contribution in [0, 0.1) is 0 Å². The Morgan fingerprint density at radius 2 is 1.41 bits per heavy atom. The lowest BCUT2D eigenvalue weighted by Gasteiger charge is -1.99. The molecule has 3 rings (SSSR count). The van der Waals surface area contributed by atoms with Crippen molar-refractivity contribution in [2.45, 2.75) is 25.7 Å². The summed E-state index contributed by atoms with van der Waals surface area (Å²) < 4.78 is 0. The minimum Gasteiger partial charge on any atom is -0.0985 e. The molecule has 0 atom stereocenters. The van der Waals surface area contributed by atoms with Crippen molar-refractivity contribution in [3.05, 3.63) is 96.1 Å². The van der Waals surface area contributed by atoms with E-state index in [0.29, 0.717) is 0 Å². The van der Waals surface area contributed by atoms with Gasteiger partial charge in [0, 0.05) is 0 Å². The van der Waals surface area contributed by atoms with Crippen molar-refractivity contribution in [1.82, 2.24) is 0 Å². The molecule has 0 nitrogen and oxygen atoms in total. The second-order valence-corrected chi connectivity index (χ2v) is 5.39. The summed E-state index contributed by atoms with van der Waals surface area (Å²) in [4.78, 5) is 0.